The number of methoxy groups -OCH3 is 2. The van der Waals surface area contributed by atoms with E-state index in [4.69, 9.17) is 9.47 Å². The third-order valence-electron chi connectivity index (χ3n) is 3.45. The molecule has 1 rings (SSSR count). The largest absolute Gasteiger partial charge is 0.497 e. The minimum Gasteiger partial charge on any atom is -0.497 e. The van der Waals surface area contributed by atoms with Gasteiger partial charge >= 0.3 is 6.03 Å². The van der Waals surface area contributed by atoms with Gasteiger partial charge in [0.05, 0.1) is 14.2 Å². The van der Waals surface area contributed by atoms with Gasteiger partial charge in [0.2, 0.25) is 0 Å². The van der Waals surface area contributed by atoms with Gasteiger partial charge in [-0.05, 0) is 12.8 Å². The van der Waals surface area contributed by atoms with Crippen LogP contribution >= 0.6 is 0 Å². The van der Waals surface area contributed by atoms with Crippen molar-refractivity contribution in [3.8, 4) is 11.5 Å². The van der Waals surface area contributed by atoms with E-state index in [0.29, 0.717) is 17.2 Å². The molecule has 0 saturated heterocycles. The van der Waals surface area contributed by atoms with E-state index in [2.05, 4.69) is 19.2 Å². The van der Waals surface area contributed by atoms with Gasteiger partial charge in [0.15, 0.2) is 0 Å². The lowest BCUT2D eigenvalue weighted by atomic mass is 10.2. The van der Waals surface area contributed by atoms with E-state index >= 15 is 0 Å². The topological polar surface area (TPSA) is 50.8 Å². The number of hydrogen-bond donors (Lipinski definition) is 1. The Labute approximate surface area is 133 Å². The standard InChI is InChI=1S/C17H28N2O3/c1-5-7-9-19(10-8-6-2)17(20)18-14-11-15(21-3)13-16(12-14)22-4/h11-13H,5-10H2,1-4H3,(H,18,20). The van der Waals surface area contributed by atoms with Crippen molar-refractivity contribution in [1.29, 1.82) is 0 Å². The summed E-state index contributed by atoms with van der Waals surface area (Å²) in [5.41, 5.74) is 0.680. The van der Waals surface area contributed by atoms with Crippen LogP contribution in [0.2, 0.25) is 0 Å². The zero-order valence-electron chi connectivity index (χ0n) is 14.1. The molecule has 0 aliphatic heterocycles. The number of rotatable bonds is 9. The molecular formula is C17H28N2O3. The maximum atomic E-state index is 12.5. The minimum absolute atomic E-state index is 0.0720. The third kappa shape index (κ3) is 5.84. The van der Waals surface area contributed by atoms with Crippen LogP contribution in [0.5, 0.6) is 11.5 Å². The van der Waals surface area contributed by atoms with Gasteiger partial charge in [0, 0.05) is 37.0 Å². The van der Waals surface area contributed by atoms with E-state index in [0.717, 1.165) is 38.8 Å². The Morgan fingerprint density at radius 3 is 1.91 bits per heavy atom. The Hall–Kier alpha value is -1.91. The molecule has 0 unspecified atom stereocenters. The molecule has 5 nitrogen and oxygen atoms in total. The van der Waals surface area contributed by atoms with E-state index in [1.807, 2.05) is 4.90 Å². The molecule has 0 radical (unpaired) electrons. The van der Waals surface area contributed by atoms with Crippen molar-refractivity contribution in [3.05, 3.63) is 18.2 Å². The predicted molar refractivity (Wildman–Crippen MR) is 90.0 cm³/mol. The monoisotopic (exact) mass is 308 g/mol. The van der Waals surface area contributed by atoms with Gasteiger partial charge in [-0.3, -0.25) is 0 Å². The van der Waals surface area contributed by atoms with Crippen LogP contribution < -0.4 is 14.8 Å². The van der Waals surface area contributed by atoms with Crippen LogP contribution in [0, 0.1) is 0 Å². The van der Waals surface area contributed by atoms with E-state index in [-0.39, 0.29) is 6.03 Å². The Kier molecular flexibility index (Phi) is 8.18. The lowest BCUT2D eigenvalue weighted by Gasteiger charge is -2.23. The Balaban J connectivity index is 2.78. The number of nitrogens with one attached hydrogen (secondary N) is 1. The summed E-state index contributed by atoms with van der Waals surface area (Å²) in [5.74, 6) is 1.31. The molecule has 0 aliphatic carbocycles. The summed E-state index contributed by atoms with van der Waals surface area (Å²) < 4.78 is 10.4. The van der Waals surface area contributed by atoms with Crippen LogP contribution in [-0.4, -0.2) is 38.2 Å². The van der Waals surface area contributed by atoms with Crippen LogP contribution in [0.3, 0.4) is 0 Å². The summed E-state index contributed by atoms with van der Waals surface area (Å²) in [7, 11) is 3.18. The molecule has 5 heteroatoms. The van der Waals surface area contributed by atoms with Crippen LogP contribution in [-0.2, 0) is 0 Å². The molecule has 1 N–H and O–H groups in total. The molecule has 0 heterocycles. The van der Waals surface area contributed by atoms with E-state index < -0.39 is 0 Å². The average Bonchev–Trinajstić information content (AvgIpc) is 2.54. The average molecular weight is 308 g/mol. The number of amides is 2. The van der Waals surface area contributed by atoms with Crippen LogP contribution in [0.25, 0.3) is 0 Å². The SMILES string of the molecule is CCCCN(CCCC)C(=O)Nc1cc(OC)cc(OC)c1. The van der Waals surface area contributed by atoms with Crippen LogP contribution in [0.4, 0.5) is 10.5 Å². The molecule has 1 aromatic rings. The number of ether oxygens (including phenoxy) is 2. The Bertz CT molecular complexity index is 433. The first-order valence-electron chi connectivity index (χ1n) is 7.93. The summed E-state index contributed by atoms with van der Waals surface area (Å²) in [6, 6.07) is 5.29. The summed E-state index contributed by atoms with van der Waals surface area (Å²) in [6.07, 6.45) is 4.17. The smallest absolute Gasteiger partial charge is 0.321 e. The van der Waals surface area contributed by atoms with Gasteiger partial charge in [-0.25, -0.2) is 4.79 Å². The molecule has 1 aromatic carbocycles. The number of urea groups is 1. The molecule has 2 amide bonds. The first-order valence-corrected chi connectivity index (χ1v) is 7.93. The lowest BCUT2D eigenvalue weighted by molar-refractivity contribution is 0.210. The second-order valence-electron chi connectivity index (χ2n) is 5.23. The molecular weight excluding hydrogens is 280 g/mol. The van der Waals surface area contributed by atoms with Crippen molar-refractivity contribution in [3.63, 3.8) is 0 Å². The summed E-state index contributed by atoms with van der Waals surface area (Å²) >= 11 is 0. The van der Waals surface area contributed by atoms with Crippen molar-refractivity contribution in [2.45, 2.75) is 39.5 Å². The van der Waals surface area contributed by atoms with Gasteiger partial charge in [0.25, 0.3) is 0 Å². The van der Waals surface area contributed by atoms with Crippen molar-refractivity contribution < 1.29 is 14.3 Å². The second kappa shape index (κ2) is 9.92. The third-order valence-corrected chi connectivity index (χ3v) is 3.45. The number of hydrogen-bond acceptors (Lipinski definition) is 3. The fourth-order valence-electron chi connectivity index (χ4n) is 2.09. The highest BCUT2D eigenvalue weighted by Gasteiger charge is 2.13. The highest BCUT2D eigenvalue weighted by atomic mass is 16.5. The van der Waals surface area contributed by atoms with Gasteiger partial charge in [-0.2, -0.15) is 0 Å². The minimum atomic E-state index is -0.0720. The zero-order valence-corrected chi connectivity index (χ0v) is 14.1. The molecule has 0 spiro atoms. The number of anilines is 1. The van der Waals surface area contributed by atoms with Gasteiger partial charge in [-0.1, -0.05) is 26.7 Å². The van der Waals surface area contributed by atoms with E-state index in [9.17, 15) is 4.79 Å². The van der Waals surface area contributed by atoms with Gasteiger partial charge in [-0.15, -0.1) is 0 Å². The highest BCUT2D eigenvalue weighted by molar-refractivity contribution is 5.89. The normalized spacial score (nSPS) is 10.2. The second-order valence-corrected chi connectivity index (χ2v) is 5.23. The summed E-state index contributed by atoms with van der Waals surface area (Å²) in [5, 5.41) is 2.94. The maximum absolute atomic E-state index is 12.5. The van der Waals surface area contributed by atoms with Gasteiger partial charge < -0.3 is 19.7 Å². The number of carbonyl (C=O) groups excluding carboxylic acids is 1. The first kappa shape index (κ1) is 18.1. The van der Waals surface area contributed by atoms with Crippen LogP contribution in [0.15, 0.2) is 18.2 Å². The fourth-order valence-corrected chi connectivity index (χ4v) is 2.09. The molecule has 0 saturated carbocycles. The molecule has 0 bridgehead atoms. The van der Waals surface area contributed by atoms with E-state index in [1.165, 1.54) is 0 Å². The van der Waals surface area contributed by atoms with E-state index in [1.54, 1.807) is 32.4 Å². The maximum Gasteiger partial charge on any atom is 0.321 e. The number of carbonyl (C=O) groups is 1. The molecule has 124 valence electrons. The van der Waals surface area contributed by atoms with Crippen molar-refractivity contribution in [2.24, 2.45) is 0 Å². The summed E-state index contributed by atoms with van der Waals surface area (Å²) in [6.45, 7) is 5.82. The number of unbranched alkanes of at least 4 members (excludes halogenated alkanes) is 2. The molecule has 0 aromatic heterocycles. The van der Waals surface area contributed by atoms with Gasteiger partial charge in [0.1, 0.15) is 11.5 Å². The highest BCUT2D eigenvalue weighted by Crippen LogP contribution is 2.26. The molecule has 0 fully saturated rings. The number of benzene rings is 1. The molecule has 22 heavy (non-hydrogen) atoms. The number of nitrogens with zero attached hydrogens (tertiary/aromatic N) is 1. The quantitative estimate of drug-likeness (QED) is 0.746. The molecule has 0 atom stereocenters. The van der Waals surface area contributed by atoms with Crippen molar-refractivity contribution >= 4 is 11.7 Å². The first-order chi connectivity index (χ1) is 10.6. The molecule has 0 aliphatic rings. The zero-order chi connectivity index (χ0) is 16.4. The predicted octanol–water partition coefficient (Wildman–Crippen LogP) is 4.14. The lowest BCUT2D eigenvalue weighted by Crippen LogP contribution is -2.36. The Morgan fingerprint density at radius 1 is 1.00 bits per heavy atom. The van der Waals surface area contributed by atoms with Crippen molar-refractivity contribution in [1.82, 2.24) is 4.90 Å². The van der Waals surface area contributed by atoms with Crippen LogP contribution in [0.1, 0.15) is 39.5 Å². The fraction of sp³-hybridized carbons (Fsp3) is 0.588. The van der Waals surface area contributed by atoms with Crippen molar-refractivity contribution in [2.75, 3.05) is 32.6 Å². The Morgan fingerprint density at radius 2 is 1.50 bits per heavy atom. The summed E-state index contributed by atoms with van der Waals surface area (Å²) in [4.78, 5) is 14.3.